The Balaban J connectivity index is 1.71. The number of nitrogens with one attached hydrogen (secondary N) is 1. The Labute approximate surface area is 209 Å². The minimum atomic E-state index is -3.84. The quantitative estimate of drug-likeness (QED) is 0.289. The van der Waals surface area contributed by atoms with Gasteiger partial charge in [0.15, 0.2) is 18.1 Å². The summed E-state index contributed by atoms with van der Waals surface area (Å²) in [5, 5.41) is 2.88. The van der Waals surface area contributed by atoms with Crippen LogP contribution in [-0.4, -0.2) is 68.3 Å². The van der Waals surface area contributed by atoms with E-state index < -0.39 is 37.7 Å². The largest absolute Gasteiger partial charge is 0.462 e. The zero-order valence-corrected chi connectivity index (χ0v) is 22.2. The van der Waals surface area contributed by atoms with Gasteiger partial charge in [-0.3, -0.25) is 9.36 Å². The predicted octanol–water partition coefficient (Wildman–Crippen LogP) is 2.40. The normalized spacial score (nSPS) is 17.5. The molecule has 36 heavy (non-hydrogen) atoms. The Morgan fingerprint density at radius 1 is 1.14 bits per heavy atom. The lowest BCUT2D eigenvalue weighted by Gasteiger charge is -2.42. The molecule has 3 N–H and O–H groups in total. The van der Waals surface area contributed by atoms with Crippen molar-refractivity contribution in [1.82, 2.24) is 24.6 Å². The summed E-state index contributed by atoms with van der Waals surface area (Å²) in [4.78, 5) is 37.2. The van der Waals surface area contributed by atoms with Crippen LogP contribution in [0.4, 0.5) is 5.82 Å². The SMILES string of the molecule is CC(C)OC(=O)COP(=O)(COC(C)Cn1cnc2c(N)ncnc21)NC1(C(=O)OC(C)C)CCC1. The van der Waals surface area contributed by atoms with Crippen molar-refractivity contribution in [3.05, 3.63) is 12.7 Å². The van der Waals surface area contributed by atoms with Crippen LogP contribution in [0.25, 0.3) is 11.2 Å². The molecule has 13 nitrogen and oxygen atoms in total. The number of ether oxygens (including phenoxy) is 3. The lowest BCUT2D eigenvalue weighted by Crippen LogP contribution is -2.57. The van der Waals surface area contributed by atoms with Crippen molar-refractivity contribution < 1.29 is 32.9 Å². The van der Waals surface area contributed by atoms with Gasteiger partial charge >= 0.3 is 11.9 Å². The summed E-state index contributed by atoms with van der Waals surface area (Å²) in [5.41, 5.74) is 5.69. The zero-order valence-electron chi connectivity index (χ0n) is 21.3. The van der Waals surface area contributed by atoms with E-state index >= 15 is 0 Å². The van der Waals surface area contributed by atoms with E-state index in [9.17, 15) is 14.2 Å². The monoisotopic (exact) mass is 526 g/mol. The van der Waals surface area contributed by atoms with E-state index in [1.807, 2.05) is 0 Å². The molecule has 0 saturated heterocycles. The van der Waals surface area contributed by atoms with Gasteiger partial charge in [-0.15, -0.1) is 0 Å². The van der Waals surface area contributed by atoms with E-state index in [1.54, 1.807) is 45.5 Å². The van der Waals surface area contributed by atoms with Crippen LogP contribution < -0.4 is 10.8 Å². The lowest BCUT2D eigenvalue weighted by molar-refractivity contribution is -0.158. The molecular weight excluding hydrogens is 491 g/mol. The summed E-state index contributed by atoms with van der Waals surface area (Å²) in [5.74, 6) is -0.913. The summed E-state index contributed by atoms with van der Waals surface area (Å²) < 4.78 is 37.4. The first-order valence-electron chi connectivity index (χ1n) is 11.9. The molecule has 3 rings (SSSR count). The summed E-state index contributed by atoms with van der Waals surface area (Å²) >= 11 is 0. The fourth-order valence-electron chi connectivity index (χ4n) is 3.69. The maximum atomic E-state index is 13.8. The standard InChI is InChI=1S/C22H35N6O7P/c1-14(2)34-17(29)10-33-36(31,27-22(7-6-8-22)21(30)35-15(3)4)13-32-16(5)9-28-12-26-18-19(23)24-11-25-20(18)28/h11-12,14-16H,6-10,13H2,1-5H3,(H,27,31)(H2,23,24,25). The number of imidazole rings is 1. The molecule has 0 aromatic carbocycles. The van der Waals surface area contributed by atoms with E-state index in [0.29, 0.717) is 30.6 Å². The number of fused-ring (bicyclic) bond motifs is 1. The molecule has 1 saturated carbocycles. The van der Waals surface area contributed by atoms with Crippen molar-refractivity contribution in [3.8, 4) is 0 Å². The Kier molecular flexibility index (Phi) is 9.04. The van der Waals surface area contributed by atoms with Crippen molar-refractivity contribution in [3.63, 3.8) is 0 Å². The predicted molar refractivity (Wildman–Crippen MR) is 131 cm³/mol. The highest BCUT2D eigenvalue weighted by Crippen LogP contribution is 2.49. The molecule has 0 amide bonds. The lowest BCUT2D eigenvalue weighted by atomic mass is 9.78. The third kappa shape index (κ3) is 7.00. The van der Waals surface area contributed by atoms with Gasteiger partial charge in [-0.25, -0.2) is 24.8 Å². The van der Waals surface area contributed by atoms with Crippen molar-refractivity contribution in [2.75, 3.05) is 18.7 Å². The number of anilines is 1. The van der Waals surface area contributed by atoms with Gasteiger partial charge in [0.25, 0.3) is 7.52 Å². The van der Waals surface area contributed by atoms with Gasteiger partial charge < -0.3 is 29.0 Å². The van der Waals surface area contributed by atoms with Gasteiger partial charge in [0.1, 0.15) is 23.7 Å². The fourth-order valence-corrected chi connectivity index (χ4v) is 5.62. The number of aromatic nitrogens is 4. The first-order valence-corrected chi connectivity index (χ1v) is 13.7. The summed E-state index contributed by atoms with van der Waals surface area (Å²) in [6, 6.07) is 0. The van der Waals surface area contributed by atoms with E-state index in [2.05, 4.69) is 20.0 Å². The van der Waals surface area contributed by atoms with Gasteiger partial charge in [-0.1, -0.05) is 0 Å². The van der Waals surface area contributed by atoms with Crippen LogP contribution >= 0.6 is 7.52 Å². The van der Waals surface area contributed by atoms with E-state index in [-0.39, 0.29) is 24.4 Å². The minimum absolute atomic E-state index is 0.266. The van der Waals surface area contributed by atoms with E-state index in [0.717, 1.165) is 6.42 Å². The maximum Gasteiger partial charge on any atom is 0.332 e. The van der Waals surface area contributed by atoms with E-state index in [1.165, 1.54) is 6.33 Å². The van der Waals surface area contributed by atoms with Crippen molar-refractivity contribution in [1.29, 1.82) is 0 Å². The van der Waals surface area contributed by atoms with Crippen LogP contribution in [0.1, 0.15) is 53.9 Å². The van der Waals surface area contributed by atoms with Crippen LogP contribution in [0.5, 0.6) is 0 Å². The van der Waals surface area contributed by atoms with Gasteiger partial charge in [-0.05, 0) is 53.9 Å². The smallest absolute Gasteiger partial charge is 0.332 e. The average Bonchev–Trinajstić information content (AvgIpc) is 3.17. The van der Waals surface area contributed by atoms with Gasteiger partial charge in [0, 0.05) is 0 Å². The maximum absolute atomic E-state index is 13.8. The molecule has 0 aliphatic heterocycles. The van der Waals surface area contributed by atoms with Crippen molar-refractivity contribution in [2.45, 2.75) is 84.3 Å². The molecule has 1 aliphatic rings. The summed E-state index contributed by atoms with van der Waals surface area (Å²) in [6.45, 7) is 8.42. The molecule has 200 valence electrons. The molecule has 2 aromatic heterocycles. The number of nitrogens with zero attached hydrogens (tertiary/aromatic N) is 4. The third-order valence-electron chi connectivity index (χ3n) is 5.50. The number of carbonyl (C=O) groups excluding carboxylic acids is 2. The van der Waals surface area contributed by atoms with Crippen LogP contribution in [-0.2, 0) is 39.4 Å². The molecule has 14 heteroatoms. The molecular formula is C22H35N6O7P. The number of esters is 2. The zero-order chi connectivity index (χ0) is 26.5. The van der Waals surface area contributed by atoms with Gasteiger partial charge in [0.05, 0.1) is 31.2 Å². The first-order chi connectivity index (χ1) is 16.9. The molecule has 2 aromatic rings. The van der Waals surface area contributed by atoms with Crippen molar-refractivity contribution >= 4 is 36.4 Å². The molecule has 2 unspecified atom stereocenters. The second-order valence-electron chi connectivity index (χ2n) is 9.42. The molecule has 0 spiro atoms. The van der Waals surface area contributed by atoms with Crippen LogP contribution in [0, 0.1) is 0 Å². The summed E-state index contributed by atoms with van der Waals surface area (Å²) in [6.07, 6.45) is 2.99. The van der Waals surface area contributed by atoms with Gasteiger partial charge in [0.2, 0.25) is 0 Å². The molecule has 0 radical (unpaired) electrons. The summed E-state index contributed by atoms with van der Waals surface area (Å²) in [7, 11) is -3.84. The number of nitrogens with two attached hydrogens (primary N) is 1. The second kappa shape index (κ2) is 11.6. The van der Waals surface area contributed by atoms with Crippen molar-refractivity contribution in [2.24, 2.45) is 0 Å². The number of nitrogen functional groups attached to an aromatic ring is 1. The Bertz CT molecular complexity index is 1120. The molecule has 1 aliphatic carbocycles. The van der Waals surface area contributed by atoms with E-state index in [4.69, 9.17) is 24.5 Å². The number of rotatable bonds is 13. The topological polar surface area (TPSA) is 170 Å². The number of hydrogen-bond acceptors (Lipinski definition) is 11. The average molecular weight is 527 g/mol. The first kappa shape index (κ1) is 28.0. The van der Waals surface area contributed by atoms with Crippen LogP contribution in [0.3, 0.4) is 0 Å². The Morgan fingerprint density at radius 3 is 2.44 bits per heavy atom. The van der Waals surface area contributed by atoms with Gasteiger partial charge in [-0.2, -0.15) is 0 Å². The highest BCUT2D eigenvalue weighted by molar-refractivity contribution is 7.56. The minimum Gasteiger partial charge on any atom is -0.462 e. The third-order valence-corrected chi connectivity index (χ3v) is 7.30. The van der Waals surface area contributed by atoms with Crippen LogP contribution in [0.15, 0.2) is 12.7 Å². The molecule has 2 atom stereocenters. The second-order valence-corrected chi connectivity index (χ2v) is 11.5. The Morgan fingerprint density at radius 2 is 1.83 bits per heavy atom. The molecule has 0 bridgehead atoms. The number of hydrogen-bond donors (Lipinski definition) is 2. The fraction of sp³-hybridized carbons (Fsp3) is 0.682. The highest BCUT2D eigenvalue weighted by Gasteiger charge is 2.50. The van der Waals surface area contributed by atoms with Crippen LogP contribution in [0.2, 0.25) is 0 Å². The Hall–Kier alpha value is -2.60. The highest BCUT2D eigenvalue weighted by atomic mass is 31.2. The number of carbonyl (C=O) groups is 2. The molecule has 2 heterocycles. The molecule has 1 fully saturated rings.